The summed E-state index contributed by atoms with van der Waals surface area (Å²) in [7, 11) is 0. The van der Waals surface area contributed by atoms with E-state index in [0.29, 0.717) is 5.75 Å². The molecule has 4 heteroatoms. The number of ether oxygens (including phenoxy) is 2. The van der Waals surface area contributed by atoms with Crippen LogP contribution in [0.25, 0.3) is 0 Å². The first-order valence-corrected chi connectivity index (χ1v) is 9.23. The summed E-state index contributed by atoms with van der Waals surface area (Å²) in [6.45, 7) is 7.97. The summed E-state index contributed by atoms with van der Waals surface area (Å²) in [4.78, 5) is 0. The second-order valence-electron chi connectivity index (χ2n) is 7.79. The first-order valence-electron chi connectivity index (χ1n) is 9.23. The maximum atomic E-state index is 9.47. The van der Waals surface area contributed by atoms with Crippen LogP contribution >= 0.6 is 0 Å². The molecule has 0 unspecified atom stereocenters. The predicted molar refractivity (Wildman–Crippen MR) is 110 cm³/mol. The van der Waals surface area contributed by atoms with Crippen molar-refractivity contribution in [3.05, 3.63) is 83.9 Å². The molecule has 2 N–H and O–H groups in total. The van der Waals surface area contributed by atoms with E-state index in [9.17, 15) is 10.2 Å². The Hall–Kier alpha value is -3.14. The van der Waals surface area contributed by atoms with Gasteiger partial charge in [-0.1, -0.05) is 24.3 Å². The smallest absolute Gasteiger partial charge is 0.128 e. The van der Waals surface area contributed by atoms with Gasteiger partial charge in [0.25, 0.3) is 0 Å². The minimum atomic E-state index is -0.540. The minimum Gasteiger partial charge on any atom is -0.508 e. The lowest BCUT2D eigenvalue weighted by atomic mass is 9.96. The molecule has 0 radical (unpaired) electrons. The number of aromatic hydroxyl groups is 2. The van der Waals surface area contributed by atoms with Crippen LogP contribution in [0.4, 0.5) is 0 Å². The van der Waals surface area contributed by atoms with Gasteiger partial charge in [0.05, 0.1) is 0 Å². The normalized spacial score (nSPS) is 11.9. The molecule has 28 heavy (non-hydrogen) atoms. The van der Waals surface area contributed by atoms with Crippen LogP contribution in [0.15, 0.2) is 72.8 Å². The Morgan fingerprint density at radius 3 is 1.18 bits per heavy atom. The molecular formula is C24H26O4. The van der Waals surface area contributed by atoms with Crippen molar-refractivity contribution in [3.8, 4) is 23.0 Å². The molecule has 0 atom stereocenters. The van der Waals surface area contributed by atoms with Crippen molar-refractivity contribution in [1.82, 2.24) is 0 Å². The highest BCUT2D eigenvalue weighted by Gasteiger charge is 2.25. The highest BCUT2D eigenvalue weighted by atomic mass is 16.5. The van der Waals surface area contributed by atoms with Crippen LogP contribution in [0.1, 0.15) is 38.8 Å². The molecule has 146 valence electrons. The van der Waals surface area contributed by atoms with E-state index in [0.717, 1.165) is 16.9 Å². The van der Waals surface area contributed by atoms with Crippen molar-refractivity contribution in [1.29, 1.82) is 0 Å². The Morgan fingerprint density at radius 1 is 0.500 bits per heavy atom. The summed E-state index contributed by atoms with van der Waals surface area (Å²) >= 11 is 0. The van der Waals surface area contributed by atoms with Crippen molar-refractivity contribution in [2.45, 2.75) is 38.9 Å². The predicted octanol–water partition coefficient (Wildman–Crippen LogP) is 5.73. The van der Waals surface area contributed by atoms with Crippen LogP contribution in [0, 0.1) is 0 Å². The molecule has 0 heterocycles. The fourth-order valence-corrected chi connectivity index (χ4v) is 3.01. The SMILES string of the molecule is CC(C)(Oc1ccc(C(C)(C)Oc2ccc(O)cc2)cc1)c1ccc(O)cc1. The molecule has 0 aromatic heterocycles. The van der Waals surface area contributed by atoms with E-state index >= 15 is 0 Å². The quantitative estimate of drug-likeness (QED) is 0.575. The van der Waals surface area contributed by atoms with Gasteiger partial charge in [0.15, 0.2) is 0 Å². The van der Waals surface area contributed by atoms with Gasteiger partial charge < -0.3 is 19.7 Å². The maximum absolute atomic E-state index is 9.47. The van der Waals surface area contributed by atoms with E-state index in [4.69, 9.17) is 9.47 Å². The second kappa shape index (κ2) is 7.47. The van der Waals surface area contributed by atoms with E-state index in [1.807, 2.05) is 64.1 Å². The van der Waals surface area contributed by atoms with Crippen molar-refractivity contribution >= 4 is 0 Å². The number of hydrogen-bond donors (Lipinski definition) is 2. The topological polar surface area (TPSA) is 58.9 Å². The van der Waals surface area contributed by atoms with Gasteiger partial charge in [-0.15, -0.1) is 0 Å². The molecule has 4 nitrogen and oxygen atoms in total. The van der Waals surface area contributed by atoms with Gasteiger partial charge in [0, 0.05) is 0 Å². The zero-order valence-electron chi connectivity index (χ0n) is 16.6. The number of phenols is 2. The number of rotatable bonds is 6. The summed E-state index contributed by atoms with van der Waals surface area (Å²) in [6, 6.07) is 21.6. The average molecular weight is 378 g/mol. The fraction of sp³-hybridized carbons (Fsp3) is 0.250. The van der Waals surface area contributed by atoms with Crippen LogP contribution in [0.3, 0.4) is 0 Å². The maximum Gasteiger partial charge on any atom is 0.128 e. The molecule has 0 saturated heterocycles. The van der Waals surface area contributed by atoms with Gasteiger partial charge in [-0.05, 0) is 87.4 Å². The monoisotopic (exact) mass is 378 g/mol. The molecule has 0 amide bonds. The minimum absolute atomic E-state index is 0.211. The summed E-state index contributed by atoms with van der Waals surface area (Å²) < 4.78 is 12.3. The fourth-order valence-electron chi connectivity index (χ4n) is 3.01. The molecule has 0 saturated carbocycles. The lowest BCUT2D eigenvalue weighted by molar-refractivity contribution is 0.105. The van der Waals surface area contributed by atoms with E-state index in [-0.39, 0.29) is 11.5 Å². The zero-order chi connectivity index (χ0) is 20.4. The summed E-state index contributed by atoms with van der Waals surface area (Å²) in [5.41, 5.74) is 0.913. The Kier molecular flexibility index (Phi) is 5.23. The molecule has 0 fully saturated rings. The van der Waals surface area contributed by atoms with Gasteiger partial charge in [-0.3, -0.25) is 0 Å². The van der Waals surface area contributed by atoms with Crippen molar-refractivity contribution < 1.29 is 19.7 Å². The Balaban J connectivity index is 1.73. The van der Waals surface area contributed by atoms with Gasteiger partial charge >= 0.3 is 0 Å². The Labute approximate surface area is 166 Å². The summed E-state index contributed by atoms with van der Waals surface area (Å²) in [5.74, 6) is 1.89. The van der Waals surface area contributed by atoms with Crippen molar-refractivity contribution in [3.63, 3.8) is 0 Å². The van der Waals surface area contributed by atoms with Crippen molar-refractivity contribution in [2.75, 3.05) is 0 Å². The number of benzene rings is 3. The van der Waals surface area contributed by atoms with Crippen LogP contribution in [-0.2, 0) is 11.2 Å². The first kappa shape index (κ1) is 19.6. The molecular weight excluding hydrogens is 352 g/mol. The molecule has 0 spiro atoms. The van der Waals surface area contributed by atoms with Gasteiger partial charge in [-0.2, -0.15) is 0 Å². The molecule has 3 aromatic rings. The third-order valence-electron chi connectivity index (χ3n) is 4.69. The molecule has 0 aliphatic heterocycles. The molecule has 0 bridgehead atoms. The average Bonchev–Trinajstić information content (AvgIpc) is 2.64. The van der Waals surface area contributed by atoms with Gasteiger partial charge in [0.2, 0.25) is 0 Å². The van der Waals surface area contributed by atoms with Crippen LogP contribution in [-0.4, -0.2) is 10.2 Å². The summed E-state index contributed by atoms with van der Waals surface area (Å²) in [6.07, 6.45) is 0. The van der Waals surface area contributed by atoms with Gasteiger partial charge in [0.1, 0.15) is 34.2 Å². The highest BCUT2D eigenvalue weighted by molar-refractivity contribution is 5.35. The molecule has 3 rings (SSSR count). The standard InChI is InChI=1S/C24H26O4/c1-23(2,17-5-9-19(25)10-6-17)27-21-13-7-18(8-14-21)24(3,4)28-22-15-11-20(26)12-16-22/h5-16,25-26H,1-4H3. The lowest BCUT2D eigenvalue weighted by Crippen LogP contribution is -2.26. The molecule has 0 aliphatic rings. The number of hydrogen-bond acceptors (Lipinski definition) is 4. The third-order valence-corrected chi connectivity index (χ3v) is 4.69. The third kappa shape index (κ3) is 4.58. The highest BCUT2D eigenvalue weighted by Crippen LogP contribution is 2.32. The summed E-state index contributed by atoms with van der Waals surface area (Å²) in [5, 5.41) is 18.9. The number of phenolic OH excluding ortho intramolecular Hbond substituents is 2. The molecule has 0 aliphatic carbocycles. The zero-order valence-corrected chi connectivity index (χ0v) is 16.6. The molecule has 3 aromatic carbocycles. The van der Waals surface area contributed by atoms with Gasteiger partial charge in [-0.25, -0.2) is 0 Å². The van der Waals surface area contributed by atoms with Crippen LogP contribution < -0.4 is 9.47 Å². The lowest BCUT2D eigenvalue weighted by Gasteiger charge is -2.29. The first-order chi connectivity index (χ1) is 13.2. The Bertz CT molecular complexity index is 908. The second-order valence-corrected chi connectivity index (χ2v) is 7.79. The van der Waals surface area contributed by atoms with E-state index < -0.39 is 11.2 Å². The van der Waals surface area contributed by atoms with Crippen LogP contribution in [0.5, 0.6) is 23.0 Å². The van der Waals surface area contributed by atoms with E-state index in [2.05, 4.69) is 0 Å². The van der Waals surface area contributed by atoms with Crippen molar-refractivity contribution in [2.24, 2.45) is 0 Å². The largest absolute Gasteiger partial charge is 0.508 e. The Morgan fingerprint density at radius 2 is 0.786 bits per heavy atom. The van der Waals surface area contributed by atoms with Crippen LogP contribution in [0.2, 0.25) is 0 Å². The van der Waals surface area contributed by atoms with E-state index in [1.54, 1.807) is 36.4 Å². The van der Waals surface area contributed by atoms with E-state index in [1.165, 1.54) is 0 Å².